The van der Waals surface area contributed by atoms with Gasteiger partial charge in [0.05, 0.1) is 12.3 Å². The molecule has 3 fully saturated rings. The van der Waals surface area contributed by atoms with Crippen LogP contribution in [-0.4, -0.2) is 73.6 Å². The van der Waals surface area contributed by atoms with Crippen LogP contribution in [0.15, 0.2) is 12.2 Å². The van der Waals surface area contributed by atoms with Crippen molar-refractivity contribution in [2.45, 2.75) is 83.3 Å². The Morgan fingerprint density at radius 1 is 1.03 bits per heavy atom. The Morgan fingerprint density at radius 2 is 1.75 bits per heavy atom. The van der Waals surface area contributed by atoms with Crippen LogP contribution in [0.5, 0.6) is 0 Å². The second-order valence-electron chi connectivity index (χ2n) is 9.94. The Kier molecular flexibility index (Phi) is 13.3. The summed E-state index contributed by atoms with van der Waals surface area (Å²) in [5.74, 6) is -1.14. The fourth-order valence-electron chi connectivity index (χ4n) is 4.93. The molecule has 0 aromatic rings. The SMILES string of the molecule is CC(OC(=O)CCNC(=O)[C@@H]1CCCN(C(=O)/C=C/C2CCNCC2)C1)C(=O)OC1CCCCC1.Cl. The van der Waals surface area contributed by atoms with E-state index in [-0.39, 0.29) is 49.2 Å². The molecule has 2 atom stereocenters. The van der Waals surface area contributed by atoms with Gasteiger partial charge in [-0.05, 0) is 83.4 Å². The monoisotopic (exact) mass is 527 g/mol. The van der Waals surface area contributed by atoms with Crippen molar-refractivity contribution in [2.75, 3.05) is 32.7 Å². The number of piperidine rings is 2. The van der Waals surface area contributed by atoms with Gasteiger partial charge in [0.15, 0.2) is 6.10 Å². The first-order chi connectivity index (χ1) is 16.9. The molecule has 0 aromatic heterocycles. The molecule has 2 saturated heterocycles. The van der Waals surface area contributed by atoms with Gasteiger partial charge in [-0.2, -0.15) is 0 Å². The van der Waals surface area contributed by atoms with E-state index in [1.807, 2.05) is 6.08 Å². The molecule has 3 aliphatic rings. The molecule has 1 saturated carbocycles. The summed E-state index contributed by atoms with van der Waals surface area (Å²) in [6, 6.07) is 0. The molecule has 2 aliphatic heterocycles. The molecule has 204 valence electrons. The summed E-state index contributed by atoms with van der Waals surface area (Å²) in [5, 5.41) is 6.09. The highest BCUT2D eigenvalue weighted by molar-refractivity contribution is 5.88. The van der Waals surface area contributed by atoms with Crippen molar-refractivity contribution in [2.24, 2.45) is 11.8 Å². The van der Waals surface area contributed by atoms with E-state index in [1.165, 1.54) is 6.92 Å². The summed E-state index contributed by atoms with van der Waals surface area (Å²) in [6.45, 7) is 4.63. The van der Waals surface area contributed by atoms with Crippen molar-refractivity contribution < 1.29 is 28.7 Å². The van der Waals surface area contributed by atoms with E-state index in [9.17, 15) is 19.2 Å². The van der Waals surface area contributed by atoms with Crippen molar-refractivity contribution in [3.8, 4) is 0 Å². The zero-order valence-corrected chi connectivity index (χ0v) is 22.2. The lowest BCUT2D eigenvalue weighted by Crippen LogP contribution is -2.45. The minimum Gasteiger partial charge on any atom is -0.460 e. The topological polar surface area (TPSA) is 114 Å². The predicted octanol–water partition coefficient (Wildman–Crippen LogP) is 2.52. The predicted molar refractivity (Wildman–Crippen MR) is 137 cm³/mol. The number of nitrogens with zero attached hydrogens (tertiary/aromatic N) is 1. The molecule has 1 aliphatic carbocycles. The first kappa shape index (κ1) is 30.1. The van der Waals surface area contributed by atoms with Crippen molar-refractivity contribution >= 4 is 36.2 Å². The number of esters is 2. The van der Waals surface area contributed by atoms with Crippen molar-refractivity contribution in [1.29, 1.82) is 0 Å². The summed E-state index contributed by atoms with van der Waals surface area (Å²) in [5.41, 5.74) is 0. The number of nitrogens with one attached hydrogen (secondary N) is 2. The van der Waals surface area contributed by atoms with Gasteiger partial charge in [-0.3, -0.25) is 14.4 Å². The van der Waals surface area contributed by atoms with E-state index in [1.54, 1.807) is 11.0 Å². The number of hydrogen-bond donors (Lipinski definition) is 2. The maximum absolute atomic E-state index is 12.6. The van der Waals surface area contributed by atoms with E-state index < -0.39 is 18.0 Å². The first-order valence-corrected chi connectivity index (χ1v) is 13.3. The Balaban J connectivity index is 0.00000456. The summed E-state index contributed by atoms with van der Waals surface area (Å²) >= 11 is 0. The summed E-state index contributed by atoms with van der Waals surface area (Å²) in [4.78, 5) is 51.2. The third kappa shape index (κ3) is 10.1. The van der Waals surface area contributed by atoms with Crippen LogP contribution in [0.2, 0.25) is 0 Å². The maximum Gasteiger partial charge on any atom is 0.347 e. The Bertz CT molecular complexity index is 765. The highest BCUT2D eigenvalue weighted by Crippen LogP contribution is 2.21. The van der Waals surface area contributed by atoms with Gasteiger partial charge in [-0.15, -0.1) is 12.4 Å². The highest BCUT2D eigenvalue weighted by atomic mass is 35.5. The molecular formula is C26H42ClN3O6. The van der Waals surface area contributed by atoms with Gasteiger partial charge in [0.2, 0.25) is 11.8 Å². The van der Waals surface area contributed by atoms with E-state index in [0.29, 0.717) is 25.4 Å². The standard InChI is InChI=1S/C26H41N3O6.ClH/c1-19(26(33)35-22-7-3-2-4-8-22)34-24(31)13-16-28-25(32)21-6-5-17-29(18-21)23(30)10-9-20-11-14-27-15-12-20;/h9-10,19-22,27H,2-8,11-18H2,1H3,(H,28,32);1H/b10-9+;/t19?,21-;/m1./s1. The van der Waals surface area contributed by atoms with Crippen molar-refractivity contribution in [3.05, 3.63) is 12.2 Å². The smallest absolute Gasteiger partial charge is 0.347 e. The zero-order chi connectivity index (χ0) is 25.0. The van der Waals surface area contributed by atoms with Gasteiger partial charge in [0, 0.05) is 19.6 Å². The zero-order valence-electron chi connectivity index (χ0n) is 21.4. The Labute approximate surface area is 220 Å². The number of amides is 2. The number of likely N-dealkylation sites (tertiary alicyclic amines) is 1. The number of carbonyl (C=O) groups is 4. The van der Waals surface area contributed by atoms with Crippen molar-refractivity contribution in [3.63, 3.8) is 0 Å². The van der Waals surface area contributed by atoms with Crippen LogP contribution in [0.25, 0.3) is 0 Å². The molecule has 36 heavy (non-hydrogen) atoms. The largest absolute Gasteiger partial charge is 0.460 e. The number of ether oxygens (including phenoxy) is 2. The van der Waals surface area contributed by atoms with Crippen LogP contribution < -0.4 is 10.6 Å². The number of halogens is 1. The second kappa shape index (κ2) is 15.9. The number of rotatable bonds is 9. The molecule has 10 heteroatoms. The Hall–Kier alpha value is -2.13. The number of allylic oxidation sites excluding steroid dienone is 1. The first-order valence-electron chi connectivity index (χ1n) is 13.3. The fourth-order valence-corrected chi connectivity index (χ4v) is 4.93. The van der Waals surface area contributed by atoms with Gasteiger partial charge in [-0.25, -0.2) is 4.79 Å². The third-order valence-electron chi connectivity index (χ3n) is 7.10. The number of carbonyl (C=O) groups excluding carboxylic acids is 4. The lowest BCUT2D eigenvalue weighted by Gasteiger charge is -2.31. The normalized spacial score (nSPS) is 22.4. The summed E-state index contributed by atoms with van der Waals surface area (Å²) in [6.07, 6.45) is 11.1. The van der Waals surface area contributed by atoms with Gasteiger partial charge >= 0.3 is 11.9 Å². The van der Waals surface area contributed by atoms with Crippen LogP contribution in [0.4, 0.5) is 0 Å². The lowest BCUT2D eigenvalue weighted by molar-refractivity contribution is -0.171. The highest BCUT2D eigenvalue weighted by Gasteiger charge is 2.28. The fraction of sp³-hybridized carbons (Fsp3) is 0.769. The maximum atomic E-state index is 12.6. The molecule has 2 heterocycles. The van der Waals surface area contributed by atoms with E-state index >= 15 is 0 Å². The molecule has 0 spiro atoms. The van der Waals surface area contributed by atoms with Gasteiger partial charge < -0.3 is 25.0 Å². The number of hydrogen-bond acceptors (Lipinski definition) is 7. The molecule has 9 nitrogen and oxygen atoms in total. The molecule has 2 amide bonds. The van der Waals surface area contributed by atoms with Gasteiger partial charge in [0.1, 0.15) is 6.10 Å². The molecule has 0 radical (unpaired) electrons. The minimum absolute atomic E-state index is 0. The van der Waals surface area contributed by atoms with Crippen LogP contribution in [0, 0.1) is 11.8 Å². The van der Waals surface area contributed by atoms with Gasteiger partial charge in [0.25, 0.3) is 0 Å². The lowest BCUT2D eigenvalue weighted by atomic mass is 9.96. The molecule has 2 N–H and O–H groups in total. The molecular weight excluding hydrogens is 486 g/mol. The van der Waals surface area contributed by atoms with E-state index in [0.717, 1.165) is 64.5 Å². The van der Waals surface area contributed by atoms with Crippen LogP contribution in [0.1, 0.15) is 71.1 Å². The average molecular weight is 528 g/mol. The third-order valence-corrected chi connectivity index (χ3v) is 7.10. The molecule has 1 unspecified atom stereocenters. The minimum atomic E-state index is -0.962. The Morgan fingerprint density at radius 3 is 2.47 bits per heavy atom. The summed E-state index contributed by atoms with van der Waals surface area (Å²) < 4.78 is 10.6. The summed E-state index contributed by atoms with van der Waals surface area (Å²) in [7, 11) is 0. The van der Waals surface area contributed by atoms with Crippen LogP contribution in [0.3, 0.4) is 0 Å². The molecule has 0 aromatic carbocycles. The quantitative estimate of drug-likeness (QED) is 0.350. The van der Waals surface area contributed by atoms with Crippen LogP contribution >= 0.6 is 12.4 Å². The van der Waals surface area contributed by atoms with E-state index in [4.69, 9.17) is 9.47 Å². The molecule has 3 rings (SSSR count). The second-order valence-corrected chi connectivity index (χ2v) is 9.94. The molecule has 0 bridgehead atoms. The van der Waals surface area contributed by atoms with Crippen molar-refractivity contribution in [1.82, 2.24) is 15.5 Å². The van der Waals surface area contributed by atoms with Gasteiger partial charge in [-0.1, -0.05) is 12.5 Å². The average Bonchev–Trinajstić information content (AvgIpc) is 2.88. The van der Waals surface area contributed by atoms with E-state index in [2.05, 4.69) is 10.6 Å². The van der Waals surface area contributed by atoms with Crippen LogP contribution in [-0.2, 0) is 28.7 Å².